The van der Waals surface area contributed by atoms with Crippen molar-refractivity contribution in [3.63, 3.8) is 0 Å². The maximum absolute atomic E-state index is 11.4. The predicted octanol–water partition coefficient (Wildman–Crippen LogP) is 1.62. The second-order valence-corrected chi connectivity index (χ2v) is 4.09. The Hall–Kier alpha value is -2.04. The van der Waals surface area contributed by atoms with Crippen LogP contribution in [0.1, 0.15) is 18.4 Å². The first-order valence-corrected chi connectivity index (χ1v) is 5.88. The van der Waals surface area contributed by atoms with Crippen molar-refractivity contribution >= 4 is 12.1 Å². The van der Waals surface area contributed by atoms with Gasteiger partial charge in [-0.3, -0.25) is 4.79 Å². The van der Waals surface area contributed by atoms with Gasteiger partial charge in [0.2, 0.25) is 0 Å². The van der Waals surface area contributed by atoms with Crippen LogP contribution in [0.2, 0.25) is 0 Å². The van der Waals surface area contributed by atoms with Gasteiger partial charge in [0, 0.05) is 6.42 Å². The molecular formula is C13H15NO4. The largest absolute Gasteiger partial charge is 0.460 e. The Balaban J connectivity index is 1.65. The predicted molar refractivity (Wildman–Crippen MR) is 63.7 cm³/mol. The highest BCUT2D eigenvalue weighted by molar-refractivity contribution is 5.72. The lowest BCUT2D eigenvalue weighted by atomic mass is 10.2. The number of hydrogen-bond acceptors (Lipinski definition) is 4. The molecule has 1 N–H and O–H groups in total. The van der Waals surface area contributed by atoms with Crippen molar-refractivity contribution in [1.29, 1.82) is 0 Å². The van der Waals surface area contributed by atoms with E-state index in [-0.39, 0.29) is 18.7 Å². The molecule has 0 bridgehead atoms. The number of alkyl carbamates (subject to hydrolysis) is 1. The van der Waals surface area contributed by atoms with Gasteiger partial charge >= 0.3 is 12.1 Å². The molecule has 1 saturated heterocycles. The Morgan fingerprint density at radius 3 is 2.83 bits per heavy atom. The van der Waals surface area contributed by atoms with E-state index in [0.29, 0.717) is 19.4 Å². The zero-order valence-electron chi connectivity index (χ0n) is 9.93. The Kier molecular flexibility index (Phi) is 4.17. The molecule has 96 valence electrons. The van der Waals surface area contributed by atoms with Gasteiger partial charge in [0.1, 0.15) is 12.7 Å². The van der Waals surface area contributed by atoms with Crippen LogP contribution in [-0.2, 0) is 20.9 Å². The van der Waals surface area contributed by atoms with E-state index in [9.17, 15) is 9.59 Å². The van der Waals surface area contributed by atoms with Crippen LogP contribution < -0.4 is 5.32 Å². The quantitative estimate of drug-likeness (QED) is 0.823. The van der Waals surface area contributed by atoms with Crippen molar-refractivity contribution in [2.75, 3.05) is 6.54 Å². The van der Waals surface area contributed by atoms with E-state index in [4.69, 9.17) is 9.47 Å². The molecule has 1 heterocycles. The first kappa shape index (κ1) is 12.4. The molecule has 1 aliphatic heterocycles. The van der Waals surface area contributed by atoms with Gasteiger partial charge < -0.3 is 14.8 Å². The van der Waals surface area contributed by atoms with Crippen LogP contribution in [0.5, 0.6) is 0 Å². The lowest BCUT2D eigenvalue weighted by Gasteiger charge is -2.10. The fourth-order valence-electron chi connectivity index (χ4n) is 1.70. The minimum atomic E-state index is -0.498. The molecule has 1 aliphatic rings. The normalized spacial score (nSPS) is 18.2. The Morgan fingerprint density at radius 1 is 1.39 bits per heavy atom. The molecule has 5 heteroatoms. The number of rotatable bonds is 4. The third-order valence-corrected chi connectivity index (χ3v) is 2.66. The average molecular weight is 249 g/mol. The van der Waals surface area contributed by atoms with Crippen LogP contribution in [0.25, 0.3) is 0 Å². The zero-order chi connectivity index (χ0) is 12.8. The summed E-state index contributed by atoms with van der Waals surface area (Å²) in [5.41, 5.74) is 0.931. The van der Waals surface area contributed by atoms with Gasteiger partial charge in [0.25, 0.3) is 0 Å². The van der Waals surface area contributed by atoms with E-state index >= 15 is 0 Å². The standard InChI is InChI=1S/C13H15NO4/c15-12-7-6-11(18-12)8-14-13(16)17-9-10-4-2-1-3-5-10/h1-5,11H,6-9H2,(H,14,16)/t11-/m0/s1. The summed E-state index contributed by atoms with van der Waals surface area (Å²) < 4.78 is 9.99. The third-order valence-electron chi connectivity index (χ3n) is 2.66. The molecule has 1 amide bonds. The van der Waals surface area contributed by atoms with Crippen molar-refractivity contribution < 1.29 is 19.1 Å². The maximum Gasteiger partial charge on any atom is 0.407 e. The van der Waals surface area contributed by atoms with Gasteiger partial charge in [-0.25, -0.2) is 4.79 Å². The molecule has 1 aromatic rings. The van der Waals surface area contributed by atoms with Crippen LogP contribution in [0.15, 0.2) is 30.3 Å². The lowest BCUT2D eigenvalue weighted by Crippen LogP contribution is -2.32. The summed E-state index contributed by atoms with van der Waals surface area (Å²) in [7, 11) is 0. The molecule has 0 aromatic heterocycles. The molecule has 2 rings (SSSR count). The monoisotopic (exact) mass is 249 g/mol. The molecule has 1 fully saturated rings. The number of amides is 1. The summed E-state index contributed by atoms with van der Waals surface area (Å²) in [6.45, 7) is 0.538. The minimum Gasteiger partial charge on any atom is -0.460 e. The number of benzene rings is 1. The number of carbonyl (C=O) groups is 2. The maximum atomic E-state index is 11.4. The summed E-state index contributed by atoms with van der Waals surface area (Å²) in [5.74, 6) is -0.209. The molecule has 1 atom stereocenters. The summed E-state index contributed by atoms with van der Waals surface area (Å²) in [5, 5.41) is 2.58. The van der Waals surface area contributed by atoms with Crippen molar-refractivity contribution in [2.24, 2.45) is 0 Å². The van der Waals surface area contributed by atoms with Crippen molar-refractivity contribution in [3.05, 3.63) is 35.9 Å². The molecule has 0 aliphatic carbocycles. The molecular weight excluding hydrogens is 234 g/mol. The van der Waals surface area contributed by atoms with Crippen LogP contribution in [0, 0.1) is 0 Å². The zero-order valence-corrected chi connectivity index (χ0v) is 9.93. The highest BCUT2D eigenvalue weighted by Crippen LogP contribution is 2.12. The van der Waals surface area contributed by atoms with E-state index in [1.54, 1.807) is 0 Å². The molecule has 1 aromatic carbocycles. The number of carbonyl (C=O) groups excluding carboxylic acids is 2. The number of cyclic esters (lactones) is 1. The highest BCUT2D eigenvalue weighted by atomic mass is 16.6. The van der Waals surface area contributed by atoms with Gasteiger partial charge in [-0.2, -0.15) is 0 Å². The molecule has 0 radical (unpaired) electrons. The second kappa shape index (κ2) is 6.05. The van der Waals surface area contributed by atoms with Crippen molar-refractivity contribution in [1.82, 2.24) is 5.32 Å². The Morgan fingerprint density at radius 2 is 2.17 bits per heavy atom. The van der Waals surface area contributed by atoms with Gasteiger partial charge in [0.15, 0.2) is 0 Å². The molecule has 5 nitrogen and oxygen atoms in total. The van der Waals surface area contributed by atoms with E-state index in [0.717, 1.165) is 5.56 Å². The van der Waals surface area contributed by atoms with E-state index < -0.39 is 6.09 Å². The summed E-state index contributed by atoms with van der Waals surface area (Å²) in [6.07, 6.45) is 0.354. The third kappa shape index (κ3) is 3.76. The molecule has 0 unspecified atom stereocenters. The van der Waals surface area contributed by atoms with E-state index in [1.165, 1.54) is 0 Å². The lowest BCUT2D eigenvalue weighted by molar-refractivity contribution is -0.141. The van der Waals surface area contributed by atoms with Crippen LogP contribution in [0.4, 0.5) is 4.79 Å². The minimum absolute atomic E-state index is 0.209. The first-order valence-electron chi connectivity index (χ1n) is 5.88. The number of nitrogens with one attached hydrogen (secondary N) is 1. The topological polar surface area (TPSA) is 64.6 Å². The number of esters is 1. The Labute approximate surface area is 105 Å². The SMILES string of the molecule is O=C1CC[C@@H](CNC(=O)OCc2ccccc2)O1. The van der Waals surface area contributed by atoms with Crippen LogP contribution in [0.3, 0.4) is 0 Å². The highest BCUT2D eigenvalue weighted by Gasteiger charge is 2.23. The van der Waals surface area contributed by atoms with Gasteiger partial charge in [0.05, 0.1) is 6.54 Å². The molecule has 0 saturated carbocycles. The van der Waals surface area contributed by atoms with Crippen molar-refractivity contribution in [3.8, 4) is 0 Å². The number of ether oxygens (including phenoxy) is 2. The summed E-state index contributed by atoms with van der Waals surface area (Å²) in [4.78, 5) is 22.2. The van der Waals surface area contributed by atoms with Crippen LogP contribution >= 0.6 is 0 Å². The van der Waals surface area contributed by atoms with Crippen LogP contribution in [-0.4, -0.2) is 24.7 Å². The second-order valence-electron chi connectivity index (χ2n) is 4.09. The Bertz CT molecular complexity index is 418. The summed E-state index contributed by atoms with van der Waals surface area (Å²) >= 11 is 0. The van der Waals surface area contributed by atoms with E-state index in [1.807, 2.05) is 30.3 Å². The fraction of sp³-hybridized carbons (Fsp3) is 0.385. The van der Waals surface area contributed by atoms with Gasteiger partial charge in [-0.15, -0.1) is 0 Å². The van der Waals surface area contributed by atoms with Gasteiger partial charge in [-0.1, -0.05) is 30.3 Å². The molecule has 18 heavy (non-hydrogen) atoms. The fourth-order valence-corrected chi connectivity index (χ4v) is 1.70. The van der Waals surface area contributed by atoms with Gasteiger partial charge in [-0.05, 0) is 12.0 Å². The first-order chi connectivity index (χ1) is 8.74. The summed E-state index contributed by atoms with van der Waals surface area (Å²) in [6, 6.07) is 9.43. The smallest absolute Gasteiger partial charge is 0.407 e. The number of hydrogen-bond donors (Lipinski definition) is 1. The average Bonchev–Trinajstić information content (AvgIpc) is 2.81. The molecule has 0 spiro atoms. The van der Waals surface area contributed by atoms with E-state index in [2.05, 4.69) is 5.32 Å². The van der Waals surface area contributed by atoms with Crippen molar-refractivity contribution in [2.45, 2.75) is 25.6 Å².